The molecule has 0 bridgehead atoms. The fourth-order valence-electron chi connectivity index (χ4n) is 1.81. The van der Waals surface area contributed by atoms with Crippen molar-refractivity contribution in [2.75, 3.05) is 7.11 Å². The van der Waals surface area contributed by atoms with Gasteiger partial charge in [-0.05, 0) is 26.7 Å². The first-order valence-corrected chi connectivity index (χ1v) is 5.37. The molecule has 1 N–H and O–H groups in total. The molecular formula is C11H19N3O. The Morgan fingerprint density at radius 1 is 1.53 bits per heavy atom. The summed E-state index contributed by atoms with van der Waals surface area (Å²) in [6, 6.07) is 0. The molecule has 0 spiro atoms. The first-order chi connectivity index (χ1) is 7.06. The van der Waals surface area contributed by atoms with E-state index in [-0.39, 0.29) is 0 Å². The second-order valence-corrected chi connectivity index (χ2v) is 4.61. The van der Waals surface area contributed by atoms with Crippen molar-refractivity contribution in [1.29, 1.82) is 0 Å². The molecule has 1 fully saturated rings. The zero-order valence-electron chi connectivity index (χ0n) is 9.92. The predicted molar refractivity (Wildman–Crippen MR) is 59.0 cm³/mol. The predicted octanol–water partition coefficient (Wildman–Crippen LogP) is 1.38. The van der Waals surface area contributed by atoms with E-state index in [4.69, 9.17) is 4.74 Å². The first kappa shape index (κ1) is 10.5. The monoisotopic (exact) mass is 209 g/mol. The van der Waals surface area contributed by atoms with Crippen LogP contribution in [0.2, 0.25) is 0 Å². The van der Waals surface area contributed by atoms with Crippen molar-refractivity contribution < 1.29 is 4.74 Å². The molecule has 0 aromatic carbocycles. The van der Waals surface area contributed by atoms with Crippen molar-refractivity contribution in [3.8, 4) is 5.88 Å². The van der Waals surface area contributed by atoms with E-state index in [0.29, 0.717) is 5.54 Å². The zero-order valence-corrected chi connectivity index (χ0v) is 9.92. The summed E-state index contributed by atoms with van der Waals surface area (Å²) in [7, 11) is 3.60. The van der Waals surface area contributed by atoms with Gasteiger partial charge in [-0.15, -0.1) is 0 Å². The Hall–Kier alpha value is -1.03. The van der Waals surface area contributed by atoms with Gasteiger partial charge in [-0.25, -0.2) is 4.68 Å². The van der Waals surface area contributed by atoms with Crippen molar-refractivity contribution in [3.05, 3.63) is 11.3 Å². The van der Waals surface area contributed by atoms with Gasteiger partial charge in [-0.1, -0.05) is 0 Å². The maximum absolute atomic E-state index is 5.34. The van der Waals surface area contributed by atoms with Crippen LogP contribution in [0, 0.1) is 6.92 Å². The lowest BCUT2D eigenvalue weighted by Gasteiger charge is -2.11. The second-order valence-electron chi connectivity index (χ2n) is 4.61. The highest BCUT2D eigenvalue weighted by Gasteiger charge is 2.36. The van der Waals surface area contributed by atoms with Gasteiger partial charge in [0, 0.05) is 19.1 Å². The Morgan fingerprint density at radius 2 is 2.20 bits per heavy atom. The molecule has 4 heteroatoms. The summed E-state index contributed by atoms with van der Waals surface area (Å²) >= 11 is 0. The van der Waals surface area contributed by atoms with E-state index < -0.39 is 0 Å². The molecule has 1 saturated carbocycles. The molecule has 4 nitrogen and oxygen atoms in total. The van der Waals surface area contributed by atoms with Gasteiger partial charge in [0.05, 0.1) is 18.4 Å². The zero-order chi connectivity index (χ0) is 11.1. The molecular weight excluding hydrogens is 190 g/mol. The first-order valence-electron chi connectivity index (χ1n) is 5.37. The molecule has 1 aromatic heterocycles. The van der Waals surface area contributed by atoms with E-state index in [1.165, 1.54) is 18.4 Å². The van der Waals surface area contributed by atoms with Gasteiger partial charge in [-0.2, -0.15) is 5.10 Å². The summed E-state index contributed by atoms with van der Waals surface area (Å²) in [6.45, 7) is 5.12. The topological polar surface area (TPSA) is 39.1 Å². The summed E-state index contributed by atoms with van der Waals surface area (Å²) in [5.41, 5.74) is 2.58. The minimum atomic E-state index is 0.354. The van der Waals surface area contributed by atoms with Gasteiger partial charge in [0.15, 0.2) is 0 Å². The lowest BCUT2D eigenvalue weighted by molar-refractivity contribution is 0.366. The Bertz CT molecular complexity index is 366. The Kier molecular flexibility index (Phi) is 2.46. The van der Waals surface area contributed by atoms with Crippen LogP contribution >= 0.6 is 0 Å². The van der Waals surface area contributed by atoms with Crippen molar-refractivity contribution in [3.63, 3.8) is 0 Å². The number of aromatic nitrogens is 2. The number of nitrogens with one attached hydrogen (secondary N) is 1. The van der Waals surface area contributed by atoms with Gasteiger partial charge in [0.2, 0.25) is 5.88 Å². The molecule has 2 rings (SSSR count). The minimum absolute atomic E-state index is 0.354. The van der Waals surface area contributed by atoms with Crippen LogP contribution in [-0.2, 0) is 13.6 Å². The average Bonchev–Trinajstić information content (AvgIpc) is 2.83. The number of methoxy groups -OCH3 is 1. The standard InChI is InChI=1S/C11H19N3O/c1-8-9(7-12-11(2)5-6-11)10(15-4)14(3)13-8/h12H,5-7H2,1-4H3. The molecule has 0 atom stereocenters. The molecule has 0 amide bonds. The summed E-state index contributed by atoms with van der Waals surface area (Å²) in [5, 5.41) is 7.90. The van der Waals surface area contributed by atoms with Crippen LogP contribution in [0.5, 0.6) is 5.88 Å². The van der Waals surface area contributed by atoms with Gasteiger partial charge in [0.1, 0.15) is 0 Å². The minimum Gasteiger partial charge on any atom is -0.481 e. The third-order valence-electron chi connectivity index (χ3n) is 3.17. The maximum atomic E-state index is 5.34. The summed E-state index contributed by atoms with van der Waals surface area (Å²) in [5.74, 6) is 0.865. The van der Waals surface area contributed by atoms with Crippen LogP contribution in [0.25, 0.3) is 0 Å². The lowest BCUT2D eigenvalue weighted by Crippen LogP contribution is -2.27. The Balaban J connectivity index is 2.12. The highest BCUT2D eigenvalue weighted by Crippen LogP contribution is 2.35. The molecule has 84 valence electrons. The molecule has 1 aliphatic carbocycles. The number of nitrogens with zero attached hydrogens (tertiary/aromatic N) is 2. The number of hydrogen-bond acceptors (Lipinski definition) is 3. The van der Waals surface area contributed by atoms with E-state index in [1.54, 1.807) is 11.8 Å². The number of rotatable bonds is 4. The van der Waals surface area contributed by atoms with E-state index in [1.807, 2.05) is 14.0 Å². The van der Waals surface area contributed by atoms with Crippen LogP contribution in [0.3, 0.4) is 0 Å². The van der Waals surface area contributed by atoms with Crippen LogP contribution in [0.15, 0.2) is 0 Å². The number of ether oxygens (including phenoxy) is 1. The summed E-state index contributed by atoms with van der Waals surface area (Å²) in [6.07, 6.45) is 2.54. The van der Waals surface area contributed by atoms with Gasteiger partial charge < -0.3 is 10.1 Å². The Labute approximate surface area is 90.6 Å². The normalized spacial score (nSPS) is 17.9. The maximum Gasteiger partial charge on any atom is 0.216 e. The van der Waals surface area contributed by atoms with Crippen LogP contribution in [-0.4, -0.2) is 22.4 Å². The summed E-state index contributed by atoms with van der Waals surface area (Å²) < 4.78 is 7.14. The van der Waals surface area contributed by atoms with E-state index in [9.17, 15) is 0 Å². The van der Waals surface area contributed by atoms with Crippen LogP contribution in [0.1, 0.15) is 31.0 Å². The van der Waals surface area contributed by atoms with Crippen LogP contribution < -0.4 is 10.1 Å². The second kappa shape index (κ2) is 3.52. The van der Waals surface area contributed by atoms with Crippen molar-refractivity contribution >= 4 is 0 Å². The molecule has 1 aliphatic rings. The fraction of sp³-hybridized carbons (Fsp3) is 0.727. The molecule has 0 aliphatic heterocycles. The SMILES string of the molecule is COc1c(CNC2(C)CC2)c(C)nn1C. The van der Waals surface area contributed by atoms with Crippen molar-refractivity contribution in [2.24, 2.45) is 7.05 Å². The number of aryl methyl sites for hydroxylation is 2. The largest absolute Gasteiger partial charge is 0.481 e. The fourth-order valence-corrected chi connectivity index (χ4v) is 1.81. The average molecular weight is 209 g/mol. The molecule has 1 aromatic rings. The van der Waals surface area contributed by atoms with E-state index >= 15 is 0 Å². The smallest absolute Gasteiger partial charge is 0.216 e. The highest BCUT2D eigenvalue weighted by atomic mass is 16.5. The van der Waals surface area contributed by atoms with E-state index in [0.717, 1.165) is 18.1 Å². The quantitative estimate of drug-likeness (QED) is 0.814. The van der Waals surface area contributed by atoms with Crippen molar-refractivity contribution in [1.82, 2.24) is 15.1 Å². The van der Waals surface area contributed by atoms with Gasteiger partial charge in [-0.3, -0.25) is 0 Å². The lowest BCUT2D eigenvalue weighted by atomic mass is 10.2. The van der Waals surface area contributed by atoms with Crippen molar-refractivity contribution in [2.45, 2.75) is 38.8 Å². The van der Waals surface area contributed by atoms with Crippen LogP contribution in [0.4, 0.5) is 0 Å². The molecule has 0 radical (unpaired) electrons. The third-order valence-corrected chi connectivity index (χ3v) is 3.17. The Morgan fingerprint density at radius 3 is 2.73 bits per heavy atom. The van der Waals surface area contributed by atoms with E-state index in [2.05, 4.69) is 17.3 Å². The molecule has 0 unspecified atom stereocenters. The highest BCUT2D eigenvalue weighted by molar-refractivity contribution is 5.31. The third kappa shape index (κ3) is 2.00. The molecule has 1 heterocycles. The van der Waals surface area contributed by atoms with Gasteiger partial charge in [0.25, 0.3) is 0 Å². The molecule has 0 saturated heterocycles. The number of hydrogen-bond donors (Lipinski definition) is 1. The van der Waals surface area contributed by atoms with Gasteiger partial charge >= 0.3 is 0 Å². The molecule has 15 heavy (non-hydrogen) atoms. The summed E-state index contributed by atoms with van der Waals surface area (Å²) in [4.78, 5) is 0.